The Balaban J connectivity index is 1.96. The minimum Gasteiger partial charge on any atom is -0.495 e. The molecular formula is C24H18O2S2. The predicted molar refractivity (Wildman–Crippen MR) is 119 cm³/mol. The molecule has 0 radical (unpaired) electrons. The van der Waals surface area contributed by atoms with Crippen molar-refractivity contribution in [1.29, 1.82) is 0 Å². The third-order valence-corrected chi connectivity index (χ3v) is 4.54. The van der Waals surface area contributed by atoms with E-state index >= 15 is 0 Å². The number of rotatable bonds is 2. The molecule has 138 valence electrons. The highest BCUT2D eigenvalue weighted by molar-refractivity contribution is 7.80. The Morgan fingerprint density at radius 1 is 0.571 bits per heavy atom. The van der Waals surface area contributed by atoms with Gasteiger partial charge in [-0.1, -0.05) is 23.7 Å². The summed E-state index contributed by atoms with van der Waals surface area (Å²) in [5, 5.41) is 0. The lowest BCUT2D eigenvalue weighted by Gasteiger charge is -2.09. The van der Waals surface area contributed by atoms with Crippen molar-refractivity contribution in [2.45, 2.75) is 9.79 Å². The van der Waals surface area contributed by atoms with Crippen LogP contribution in [-0.4, -0.2) is 14.2 Å². The Hall–Kier alpha value is -2.92. The van der Waals surface area contributed by atoms with Crippen molar-refractivity contribution in [1.82, 2.24) is 0 Å². The monoisotopic (exact) mass is 402 g/mol. The van der Waals surface area contributed by atoms with E-state index in [9.17, 15) is 0 Å². The SMILES string of the molecule is COc1cc(C#Cc2ccc(S)cc2)c(OC)cc1C#Cc1ccc(S)cc1. The molecule has 0 heterocycles. The molecule has 0 saturated carbocycles. The number of benzene rings is 3. The molecule has 0 spiro atoms. The van der Waals surface area contributed by atoms with Crippen molar-refractivity contribution < 1.29 is 9.47 Å². The van der Waals surface area contributed by atoms with E-state index in [1.807, 2.05) is 60.7 Å². The van der Waals surface area contributed by atoms with Crippen LogP contribution in [0, 0.1) is 23.7 Å². The van der Waals surface area contributed by atoms with E-state index in [0.29, 0.717) is 11.5 Å². The zero-order chi connectivity index (χ0) is 19.9. The third-order valence-electron chi connectivity index (χ3n) is 3.94. The van der Waals surface area contributed by atoms with Crippen molar-refractivity contribution in [3.63, 3.8) is 0 Å². The first-order valence-corrected chi connectivity index (χ1v) is 9.36. The first kappa shape index (κ1) is 19.8. The van der Waals surface area contributed by atoms with Crippen molar-refractivity contribution in [3.8, 4) is 35.2 Å². The van der Waals surface area contributed by atoms with Crippen molar-refractivity contribution in [3.05, 3.63) is 82.9 Å². The predicted octanol–water partition coefficient (Wildman–Crippen LogP) is 5.08. The Bertz CT molecular complexity index is 1000. The normalized spacial score (nSPS) is 9.57. The molecular weight excluding hydrogens is 384 g/mol. The second-order valence-corrected chi connectivity index (χ2v) is 6.88. The van der Waals surface area contributed by atoms with Crippen molar-refractivity contribution >= 4 is 25.3 Å². The van der Waals surface area contributed by atoms with Gasteiger partial charge in [0, 0.05) is 33.1 Å². The van der Waals surface area contributed by atoms with Gasteiger partial charge in [-0.05, 0) is 48.5 Å². The van der Waals surface area contributed by atoms with Gasteiger partial charge >= 0.3 is 0 Å². The molecule has 28 heavy (non-hydrogen) atoms. The summed E-state index contributed by atoms with van der Waals surface area (Å²) in [6, 6.07) is 19.0. The molecule has 0 saturated heterocycles. The van der Waals surface area contributed by atoms with Crippen LogP contribution in [0.1, 0.15) is 22.3 Å². The van der Waals surface area contributed by atoms with Gasteiger partial charge in [0.2, 0.25) is 0 Å². The molecule has 0 amide bonds. The maximum Gasteiger partial charge on any atom is 0.136 e. The lowest BCUT2D eigenvalue weighted by molar-refractivity contribution is 0.401. The van der Waals surface area contributed by atoms with E-state index in [1.165, 1.54) is 0 Å². The number of hydrogen-bond donors (Lipinski definition) is 2. The van der Waals surface area contributed by atoms with E-state index in [4.69, 9.17) is 9.47 Å². The van der Waals surface area contributed by atoms with Crippen LogP contribution in [0.5, 0.6) is 11.5 Å². The summed E-state index contributed by atoms with van der Waals surface area (Å²) in [6.45, 7) is 0. The highest BCUT2D eigenvalue weighted by atomic mass is 32.1. The van der Waals surface area contributed by atoms with Crippen LogP contribution in [-0.2, 0) is 0 Å². The average Bonchev–Trinajstić information content (AvgIpc) is 2.72. The van der Waals surface area contributed by atoms with E-state index in [0.717, 1.165) is 32.0 Å². The van der Waals surface area contributed by atoms with Crippen molar-refractivity contribution in [2.24, 2.45) is 0 Å². The molecule has 0 N–H and O–H groups in total. The standard InChI is InChI=1S/C24H18O2S2/c1-25-23-15-20(10-4-18-7-13-22(28)14-8-18)24(26-2)16-19(23)9-3-17-5-11-21(27)12-6-17/h5-8,11-16,27-28H,1-2H3. The molecule has 4 heteroatoms. The molecule has 0 aliphatic carbocycles. The van der Waals surface area contributed by atoms with Crippen LogP contribution in [0.3, 0.4) is 0 Å². The van der Waals surface area contributed by atoms with Gasteiger partial charge in [0.25, 0.3) is 0 Å². The summed E-state index contributed by atoms with van der Waals surface area (Å²) >= 11 is 8.58. The second-order valence-electron chi connectivity index (χ2n) is 5.85. The summed E-state index contributed by atoms with van der Waals surface area (Å²) < 4.78 is 11.0. The third kappa shape index (κ3) is 5.08. The second kappa shape index (κ2) is 9.33. The molecule has 0 aliphatic rings. The van der Waals surface area contributed by atoms with Gasteiger partial charge in [0.05, 0.1) is 25.3 Å². The number of thiol groups is 2. The molecule has 3 aromatic carbocycles. The molecule has 0 fully saturated rings. The topological polar surface area (TPSA) is 18.5 Å². The fraction of sp³-hybridized carbons (Fsp3) is 0.0833. The van der Waals surface area contributed by atoms with E-state index in [-0.39, 0.29) is 0 Å². The summed E-state index contributed by atoms with van der Waals surface area (Å²) in [6.07, 6.45) is 0. The fourth-order valence-electron chi connectivity index (χ4n) is 2.46. The quantitative estimate of drug-likeness (QED) is 0.460. The van der Waals surface area contributed by atoms with Crippen LogP contribution in [0.25, 0.3) is 0 Å². The molecule has 2 nitrogen and oxygen atoms in total. The van der Waals surface area contributed by atoms with Gasteiger partial charge in [-0.3, -0.25) is 0 Å². The molecule has 0 aromatic heterocycles. The highest BCUT2D eigenvalue weighted by Crippen LogP contribution is 2.28. The first-order valence-electron chi connectivity index (χ1n) is 8.47. The minimum atomic E-state index is 0.647. The van der Waals surface area contributed by atoms with Gasteiger partial charge in [0.15, 0.2) is 0 Å². The largest absolute Gasteiger partial charge is 0.495 e. The van der Waals surface area contributed by atoms with Crippen LogP contribution < -0.4 is 9.47 Å². The average molecular weight is 403 g/mol. The van der Waals surface area contributed by atoms with Crippen molar-refractivity contribution in [2.75, 3.05) is 14.2 Å². The van der Waals surface area contributed by atoms with E-state index in [2.05, 4.69) is 48.9 Å². The lowest BCUT2D eigenvalue weighted by Crippen LogP contribution is -1.94. The minimum absolute atomic E-state index is 0.647. The molecule has 0 atom stereocenters. The Labute approximate surface area is 176 Å². The summed E-state index contributed by atoms with van der Waals surface area (Å²) in [5.41, 5.74) is 3.27. The Morgan fingerprint density at radius 2 is 0.929 bits per heavy atom. The summed E-state index contributed by atoms with van der Waals surface area (Å²) in [5.74, 6) is 13.9. The smallest absolute Gasteiger partial charge is 0.136 e. The first-order chi connectivity index (χ1) is 13.6. The zero-order valence-electron chi connectivity index (χ0n) is 15.5. The highest BCUT2D eigenvalue weighted by Gasteiger charge is 2.08. The molecule has 0 aliphatic heterocycles. The van der Waals surface area contributed by atoms with E-state index in [1.54, 1.807) is 14.2 Å². The van der Waals surface area contributed by atoms with Gasteiger partial charge in [-0.15, -0.1) is 25.3 Å². The molecule has 3 aromatic rings. The maximum atomic E-state index is 5.51. The van der Waals surface area contributed by atoms with Gasteiger partial charge in [-0.25, -0.2) is 0 Å². The molecule has 3 rings (SSSR count). The number of ether oxygens (including phenoxy) is 2. The van der Waals surface area contributed by atoms with E-state index < -0.39 is 0 Å². The van der Waals surface area contributed by atoms with Gasteiger partial charge in [0.1, 0.15) is 11.5 Å². The van der Waals surface area contributed by atoms with Crippen LogP contribution >= 0.6 is 25.3 Å². The maximum absolute atomic E-state index is 5.51. The van der Waals surface area contributed by atoms with Crippen LogP contribution in [0.15, 0.2) is 70.5 Å². The number of methoxy groups -OCH3 is 2. The van der Waals surface area contributed by atoms with Gasteiger partial charge in [-0.2, -0.15) is 0 Å². The lowest BCUT2D eigenvalue weighted by atomic mass is 10.1. The van der Waals surface area contributed by atoms with Crippen LogP contribution in [0.4, 0.5) is 0 Å². The molecule has 0 unspecified atom stereocenters. The summed E-state index contributed by atoms with van der Waals surface area (Å²) in [7, 11) is 3.23. The Kier molecular flexibility index (Phi) is 6.61. The zero-order valence-corrected chi connectivity index (χ0v) is 17.3. The summed E-state index contributed by atoms with van der Waals surface area (Å²) in [4.78, 5) is 1.80. The van der Waals surface area contributed by atoms with Gasteiger partial charge < -0.3 is 9.47 Å². The number of hydrogen-bond acceptors (Lipinski definition) is 4. The fourth-order valence-corrected chi connectivity index (χ4v) is 2.76. The molecule has 0 bridgehead atoms. The Morgan fingerprint density at radius 3 is 1.25 bits per heavy atom. The van der Waals surface area contributed by atoms with Crippen LogP contribution in [0.2, 0.25) is 0 Å².